The van der Waals surface area contributed by atoms with Gasteiger partial charge in [0.25, 0.3) is 0 Å². The zero-order chi connectivity index (χ0) is 18.8. The summed E-state index contributed by atoms with van der Waals surface area (Å²) >= 11 is 1.71. The maximum Gasteiger partial charge on any atom is 0.224 e. The number of aromatic nitrogens is 1. The molecule has 2 aromatic rings. The molecule has 148 valence electrons. The fourth-order valence-electron chi connectivity index (χ4n) is 2.45. The van der Waals surface area contributed by atoms with Crippen molar-refractivity contribution in [3.8, 4) is 0 Å². The number of hydrogen-bond donors (Lipinski definition) is 2. The van der Waals surface area contributed by atoms with E-state index in [1.807, 2.05) is 43.6 Å². The summed E-state index contributed by atoms with van der Waals surface area (Å²) in [4.78, 5) is 23.7. The highest BCUT2D eigenvalue weighted by Gasteiger charge is 2.09. The monoisotopic (exact) mass is 501 g/mol. The predicted octanol–water partition coefficient (Wildman–Crippen LogP) is 2.83. The van der Waals surface area contributed by atoms with Crippen LogP contribution in [-0.2, 0) is 17.8 Å². The van der Waals surface area contributed by atoms with Crippen molar-refractivity contribution >= 4 is 47.2 Å². The molecule has 1 aromatic carbocycles. The number of thiazole rings is 1. The molecule has 27 heavy (non-hydrogen) atoms. The van der Waals surface area contributed by atoms with Crippen LogP contribution in [0.4, 0.5) is 0 Å². The van der Waals surface area contributed by atoms with Gasteiger partial charge in [-0.3, -0.25) is 9.79 Å². The van der Waals surface area contributed by atoms with Crippen molar-refractivity contribution in [1.29, 1.82) is 0 Å². The van der Waals surface area contributed by atoms with Crippen LogP contribution in [0.15, 0.2) is 41.5 Å². The summed E-state index contributed by atoms with van der Waals surface area (Å²) < 4.78 is 0. The first-order valence-corrected chi connectivity index (χ1v) is 9.54. The minimum Gasteiger partial charge on any atom is -0.356 e. The van der Waals surface area contributed by atoms with Gasteiger partial charge in [-0.25, -0.2) is 4.98 Å². The standard InChI is InChI=1S/C19H27N5OS.HI/c1-15-13-23-17(26-15)9-11-21-19(20-2)22-12-10-18(25)24(3)14-16-7-5-4-6-8-16;/h4-8,13H,9-12,14H2,1-3H3,(H2,20,21,22);1H. The number of aryl methyl sites for hydroxylation is 1. The SMILES string of the molecule is CN=C(NCCC(=O)N(C)Cc1ccccc1)NCCc1ncc(C)s1.I. The molecular formula is C19H28IN5OS. The largest absolute Gasteiger partial charge is 0.356 e. The molecule has 2 rings (SSSR count). The number of halogens is 1. The van der Waals surface area contributed by atoms with Gasteiger partial charge in [0, 0.05) is 57.6 Å². The zero-order valence-electron chi connectivity index (χ0n) is 16.1. The first-order chi connectivity index (χ1) is 12.6. The highest BCUT2D eigenvalue weighted by molar-refractivity contribution is 14.0. The van der Waals surface area contributed by atoms with Gasteiger partial charge >= 0.3 is 0 Å². The van der Waals surface area contributed by atoms with Gasteiger partial charge in [0.15, 0.2) is 5.96 Å². The van der Waals surface area contributed by atoms with Gasteiger partial charge in [-0.2, -0.15) is 0 Å². The van der Waals surface area contributed by atoms with Crippen LogP contribution in [0.1, 0.15) is 21.9 Å². The molecule has 0 spiro atoms. The summed E-state index contributed by atoms with van der Waals surface area (Å²) in [5.74, 6) is 0.812. The number of rotatable bonds is 8. The molecule has 0 saturated carbocycles. The van der Waals surface area contributed by atoms with Gasteiger partial charge in [-0.05, 0) is 12.5 Å². The summed E-state index contributed by atoms with van der Waals surface area (Å²) in [5, 5.41) is 7.55. The Morgan fingerprint density at radius 2 is 1.93 bits per heavy atom. The van der Waals surface area contributed by atoms with E-state index >= 15 is 0 Å². The number of benzene rings is 1. The van der Waals surface area contributed by atoms with Gasteiger partial charge in [0.1, 0.15) is 0 Å². The second-order valence-electron chi connectivity index (χ2n) is 6.03. The number of aliphatic imine (C=N–C) groups is 1. The molecule has 8 heteroatoms. The first-order valence-electron chi connectivity index (χ1n) is 8.72. The van der Waals surface area contributed by atoms with Gasteiger partial charge in [0.05, 0.1) is 5.01 Å². The van der Waals surface area contributed by atoms with Crippen molar-refractivity contribution < 1.29 is 4.79 Å². The molecule has 0 unspecified atom stereocenters. The fourth-order valence-corrected chi connectivity index (χ4v) is 3.24. The smallest absolute Gasteiger partial charge is 0.224 e. The highest BCUT2D eigenvalue weighted by Crippen LogP contribution is 2.10. The van der Waals surface area contributed by atoms with Crippen LogP contribution in [0.3, 0.4) is 0 Å². The van der Waals surface area contributed by atoms with Crippen LogP contribution in [0, 0.1) is 6.92 Å². The number of hydrogen-bond acceptors (Lipinski definition) is 4. The van der Waals surface area contributed by atoms with E-state index < -0.39 is 0 Å². The lowest BCUT2D eigenvalue weighted by atomic mass is 10.2. The second kappa shape index (κ2) is 12.7. The minimum absolute atomic E-state index is 0. The molecule has 1 amide bonds. The summed E-state index contributed by atoms with van der Waals surface area (Å²) in [5.41, 5.74) is 1.13. The number of nitrogens with one attached hydrogen (secondary N) is 2. The van der Waals surface area contributed by atoms with E-state index in [2.05, 4.69) is 27.5 Å². The molecule has 2 N–H and O–H groups in total. The van der Waals surface area contributed by atoms with Crippen LogP contribution < -0.4 is 10.6 Å². The number of nitrogens with zero attached hydrogens (tertiary/aromatic N) is 3. The Morgan fingerprint density at radius 3 is 2.56 bits per heavy atom. The van der Waals surface area contributed by atoms with Crippen LogP contribution in [0.5, 0.6) is 0 Å². The van der Waals surface area contributed by atoms with E-state index in [1.165, 1.54) is 4.88 Å². The maximum atomic E-state index is 12.2. The number of guanidine groups is 1. The minimum atomic E-state index is 0. The third kappa shape index (κ3) is 8.70. The Kier molecular flexibility index (Phi) is 11.0. The Balaban J connectivity index is 0.00000364. The van der Waals surface area contributed by atoms with Crippen LogP contribution >= 0.6 is 35.3 Å². The zero-order valence-corrected chi connectivity index (χ0v) is 19.2. The maximum absolute atomic E-state index is 12.2. The quantitative estimate of drug-likeness (QED) is 0.332. The predicted molar refractivity (Wildman–Crippen MR) is 123 cm³/mol. The topological polar surface area (TPSA) is 69.6 Å². The van der Waals surface area contributed by atoms with Crippen LogP contribution in [-0.4, -0.2) is 48.9 Å². The highest BCUT2D eigenvalue weighted by atomic mass is 127. The van der Waals surface area contributed by atoms with Gasteiger partial charge in [0.2, 0.25) is 5.91 Å². The fraction of sp³-hybridized carbons (Fsp3) is 0.421. The third-order valence-electron chi connectivity index (χ3n) is 3.84. The molecular weight excluding hydrogens is 473 g/mol. The molecule has 0 fully saturated rings. The summed E-state index contributed by atoms with van der Waals surface area (Å²) in [6.07, 6.45) is 3.18. The average molecular weight is 501 g/mol. The molecule has 0 radical (unpaired) electrons. The lowest BCUT2D eigenvalue weighted by Crippen LogP contribution is -2.40. The molecule has 1 aromatic heterocycles. The summed E-state index contributed by atoms with van der Waals surface area (Å²) in [6.45, 7) is 3.99. The Morgan fingerprint density at radius 1 is 1.22 bits per heavy atom. The molecule has 0 atom stereocenters. The Labute approximate surface area is 182 Å². The second-order valence-corrected chi connectivity index (χ2v) is 7.35. The van der Waals surface area contributed by atoms with Crippen molar-refractivity contribution in [3.63, 3.8) is 0 Å². The molecule has 0 saturated heterocycles. The number of carbonyl (C=O) groups is 1. The van der Waals surface area contributed by atoms with E-state index in [1.54, 1.807) is 23.3 Å². The molecule has 0 aliphatic carbocycles. The first kappa shape index (κ1) is 23.4. The van der Waals surface area contributed by atoms with Crippen molar-refractivity contribution in [2.24, 2.45) is 4.99 Å². The number of carbonyl (C=O) groups excluding carboxylic acids is 1. The van der Waals surface area contributed by atoms with Crippen molar-refractivity contribution in [1.82, 2.24) is 20.5 Å². The summed E-state index contributed by atoms with van der Waals surface area (Å²) in [6, 6.07) is 9.99. The normalized spacial score (nSPS) is 10.9. The van der Waals surface area contributed by atoms with Gasteiger partial charge in [-0.15, -0.1) is 35.3 Å². The van der Waals surface area contributed by atoms with E-state index in [-0.39, 0.29) is 29.9 Å². The van der Waals surface area contributed by atoms with Crippen LogP contribution in [0.25, 0.3) is 0 Å². The van der Waals surface area contributed by atoms with Gasteiger partial charge < -0.3 is 15.5 Å². The molecule has 0 bridgehead atoms. The van der Waals surface area contributed by atoms with E-state index in [4.69, 9.17) is 0 Å². The molecule has 6 nitrogen and oxygen atoms in total. The van der Waals surface area contributed by atoms with E-state index in [0.29, 0.717) is 25.5 Å². The molecule has 1 heterocycles. The van der Waals surface area contributed by atoms with Crippen molar-refractivity contribution in [2.75, 3.05) is 27.2 Å². The van der Waals surface area contributed by atoms with E-state index in [9.17, 15) is 4.79 Å². The third-order valence-corrected chi connectivity index (χ3v) is 4.82. The average Bonchev–Trinajstić information content (AvgIpc) is 3.06. The van der Waals surface area contributed by atoms with E-state index in [0.717, 1.165) is 23.5 Å². The van der Waals surface area contributed by atoms with Crippen molar-refractivity contribution in [3.05, 3.63) is 52.0 Å². The number of amides is 1. The lowest BCUT2D eigenvalue weighted by Gasteiger charge is -2.18. The van der Waals surface area contributed by atoms with Crippen molar-refractivity contribution in [2.45, 2.75) is 26.3 Å². The summed E-state index contributed by atoms with van der Waals surface area (Å²) in [7, 11) is 3.56. The molecule has 0 aliphatic rings. The lowest BCUT2D eigenvalue weighted by molar-refractivity contribution is -0.130. The molecule has 0 aliphatic heterocycles. The van der Waals surface area contributed by atoms with Crippen LogP contribution in [0.2, 0.25) is 0 Å². The Hall–Kier alpha value is -1.68. The Bertz CT molecular complexity index is 720. The van der Waals surface area contributed by atoms with Gasteiger partial charge in [-0.1, -0.05) is 30.3 Å².